The van der Waals surface area contributed by atoms with Gasteiger partial charge in [0.2, 0.25) is 9.84 Å². The Morgan fingerprint density at radius 2 is 1.40 bits per heavy atom. The van der Waals surface area contributed by atoms with Crippen LogP contribution in [0.2, 0.25) is 0 Å². The molecule has 0 aliphatic heterocycles. The van der Waals surface area contributed by atoms with E-state index in [2.05, 4.69) is 0 Å². The highest BCUT2D eigenvalue weighted by Crippen LogP contribution is 2.24. The molecule has 2 aromatic rings. The topological polar surface area (TPSA) is 83.8 Å². The molecule has 0 unspecified atom stereocenters. The predicted octanol–water partition coefficient (Wildman–Crippen LogP) is 1.60. The van der Waals surface area contributed by atoms with Gasteiger partial charge in [-0.15, -0.1) is 0 Å². The van der Waals surface area contributed by atoms with Gasteiger partial charge in [-0.05, 0) is 48.5 Å². The van der Waals surface area contributed by atoms with Gasteiger partial charge in [-0.2, -0.15) is 0 Å². The quantitative estimate of drug-likeness (QED) is 0.875. The van der Waals surface area contributed by atoms with Crippen molar-refractivity contribution in [1.82, 2.24) is 0 Å². The van der Waals surface area contributed by atoms with Crippen LogP contribution >= 0.6 is 0 Å². The third kappa shape index (κ3) is 3.09. The maximum Gasteiger partial charge on any atom is 0.206 e. The number of sulfone groups is 1. The van der Waals surface area contributed by atoms with Crippen LogP contribution in [0.25, 0.3) is 0 Å². The monoisotopic (exact) mass is 294 g/mol. The zero-order valence-corrected chi connectivity index (χ0v) is 11.4. The molecule has 20 heavy (non-hydrogen) atoms. The molecule has 0 amide bonds. The summed E-state index contributed by atoms with van der Waals surface area (Å²) < 4.78 is 29.8. The molecule has 6 heteroatoms. The number of phenols is 1. The minimum Gasteiger partial charge on any atom is -0.508 e. The molecule has 0 radical (unpaired) electrons. The normalized spacial score (nSPS) is 11.2. The van der Waals surface area contributed by atoms with Crippen LogP contribution in [0.5, 0.6) is 11.5 Å². The van der Waals surface area contributed by atoms with Crippen LogP contribution in [0.1, 0.15) is 0 Å². The fraction of sp³-hybridized carbons (Fsp3) is 0.143. The van der Waals surface area contributed by atoms with Gasteiger partial charge in [0.1, 0.15) is 18.1 Å². The summed E-state index contributed by atoms with van der Waals surface area (Å²) in [6.07, 6.45) is 0. The smallest absolute Gasteiger partial charge is 0.206 e. The van der Waals surface area contributed by atoms with Crippen molar-refractivity contribution >= 4 is 9.84 Å². The van der Waals surface area contributed by atoms with Gasteiger partial charge in [0.05, 0.1) is 16.4 Å². The number of aromatic hydroxyl groups is 1. The van der Waals surface area contributed by atoms with E-state index in [-0.39, 0.29) is 28.8 Å². The molecule has 0 saturated heterocycles. The van der Waals surface area contributed by atoms with Crippen LogP contribution in [0.15, 0.2) is 58.3 Å². The average Bonchev–Trinajstić information content (AvgIpc) is 2.46. The third-order valence-electron chi connectivity index (χ3n) is 2.64. The lowest BCUT2D eigenvalue weighted by atomic mass is 10.3. The van der Waals surface area contributed by atoms with Gasteiger partial charge in [-0.1, -0.05) is 0 Å². The van der Waals surface area contributed by atoms with Crippen molar-refractivity contribution in [3.8, 4) is 11.5 Å². The molecule has 2 N–H and O–H groups in total. The predicted molar refractivity (Wildman–Crippen MR) is 72.6 cm³/mol. The molecule has 0 spiro atoms. The van der Waals surface area contributed by atoms with Crippen LogP contribution in [0, 0.1) is 0 Å². The first kappa shape index (κ1) is 14.4. The molecule has 106 valence electrons. The molecule has 2 rings (SSSR count). The van der Waals surface area contributed by atoms with Crippen LogP contribution in [0.4, 0.5) is 0 Å². The molecule has 0 aromatic heterocycles. The van der Waals surface area contributed by atoms with Crippen molar-refractivity contribution in [3.05, 3.63) is 48.5 Å². The Morgan fingerprint density at radius 3 is 1.90 bits per heavy atom. The van der Waals surface area contributed by atoms with Crippen molar-refractivity contribution in [2.24, 2.45) is 0 Å². The van der Waals surface area contributed by atoms with E-state index in [1.165, 1.54) is 48.5 Å². The summed E-state index contributed by atoms with van der Waals surface area (Å²) in [4.78, 5) is 0.249. The molecule has 0 bridgehead atoms. The number of phenolic OH excluding ortho intramolecular Hbond substituents is 1. The van der Waals surface area contributed by atoms with Gasteiger partial charge in [0.15, 0.2) is 0 Å². The van der Waals surface area contributed by atoms with Crippen LogP contribution in [-0.2, 0) is 9.84 Å². The first-order chi connectivity index (χ1) is 9.54. The van der Waals surface area contributed by atoms with Crippen molar-refractivity contribution in [1.29, 1.82) is 0 Å². The minimum absolute atomic E-state index is 0.0108. The number of hydrogen-bond acceptors (Lipinski definition) is 5. The average molecular weight is 294 g/mol. The zero-order valence-electron chi connectivity index (χ0n) is 10.6. The summed E-state index contributed by atoms with van der Waals surface area (Å²) in [5.41, 5.74) is 0. The SMILES string of the molecule is O=S(=O)(c1ccc(O)cc1)c1ccc(OCCO)cc1. The standard InChI is InChI=1S/C14H14O5S/c15-9-10-19-12-3-7-14(8-4-12)20(17,18)13-5-1-11(16)2-6-13/h1-8,15-16H,9-10H2. The highest BCUT2D eigenvalue weighted by atomic mass is 32.2. The van der Waals surface area contributed by atoms with E-state index in [0.717, 1.165) is 0 Å². The van der Waals surface area contributed by atoms with E-state index in [9.17, 15) is 13.5 Å². The molecule has 0 heterocycles. The molecule has 0 atom stereocenters. The number of rotatable bonds is 5. The summed E-state index contributed by atoms with van der Waals surface area (Å²) in [6, 6.07) is 11.3. The molecule has 0 saturated carbocycles. The summed E-state index contributed by atoms with van der Waals surface area (Å²) in [5.74, 6) is 0.500. The number of hydrogen-bond donors (Lipinski definition) is 2. The molecule has 0 fully saturated rings. The zero-order chi connectivity index (χ0) is 14.6. The second-order valence-electron chi connectivity index (χ2n) is 4.04. The van der Waals surface area contributed by atoms with E-state index in [1.54, 1.807) is 0 Å². The van der Waals surface area contributed by atoms with E-state index >= 15 is 0 Å². The number of aliphatic hydroxyl groups excluding tert-OH is 1. The van der Waals surface area contributed by atoms with E-state index < -0.39 is 9.84 Å². The molecule has 0 aliphatic carbocycles. The van der Waals surface area contributed by atoms with E-state index in [4.69, 9.17) is 9.84 Å². The first-order valence-corrected chi connectivity index (χ1v) is 7.40. The summed E-state index contributed by atoms with van der Waals surface area (Å²) in [7, 11) is -3.61. The Bertz CT molecular complexity index is 660. The number of benzene rings is 2. The fourth-order valence-corrected chi connectivity index (χ4v) is 2.90. The molecule has 2 aromatic carbocycles. The van der Waals surface area contributed by atoms with Crippen LogP contribution in [-0.4, -0.2) is 31.8 Å². The molecular weight excluding hydrogens is 280 g/mol. The second-order valence-corrected chi connectivity index (χ2v) is 5.99. The Labute approximate surface area is 117 Å². The van der Waals surface area contributed by atoms with Gasteiger partial charge in [0.25, 0.3) is 0 Å². The highest BCUT2D eigenvalue weighted by molar-refractivity contribution is 7.91. The minimum atomic E-state index is -3.61. The maximum absolute atomic E-state index is 12.3. The lowest BCUT2D eigenvalue weighted by molar-refractivity contribution is 0.201. The van der Waals surface area contributed by atoms with Crippen LogP contribution < -0.4 is 4.74 Å². The Hall–Kier alpha value is -2.05. The summed E-state index contributed by atoms with van der Waals surface area (Å²) >= 11 is 0. The lowest BCUT2D eigenvalue weighted by Gasteiger charge is -2.07. The van der Waals surface area contributed by atoms with Crippen molar-refractivity contribution in [3.63, 3.8) is 0 Å². The number of ether oxygens (including phenoxy) is 1. The Kier molecular flexibility index (Phi) is 4.26. The number of aliphatic hydroxyl groups is 1. The third-order valence-corrected chi connectivity index (χ3v) is 4.43. The molecule has 5 nitrogen and oxygen atoms in total. The van der Waals surface area contributed by atoms with Crippen LogP contribution in [0.3, 0.4) is 0 Å². The van der Waals surface area contributed by atoms with Gasteiger partial charge in [-0.25, -0.2) is 8.42 Å². The maximum atomic E-state index is 12.3. The Morgan fingerprint density at radius 1 is 0.900 bits per heavy atom. The lowest BCUT2D eigenvalue weighted by Crippen LogP contribution is -2.03. The molecule has 0 aliphatic rings. The van der Waals surface area contributed by atoms with Gasteiger partial charge in [-0.3, -0.25) is 0 Å². The van der Waals surface area contributed by atoms with Gasteiger partial charge in [0, 0.05) is 0 Å². The van der Waals surface area contributed by atoms with Crippen molar-refractivity contribution < 1.29 is 23.4 Å². The first-order valence-electron chi connectivity index (χ1n) is 5.92. The Balaban J connectivity index is 2.27. The highest BCUT2D eigenvalue weighted by Gasteiger charge is 2.17. The van der Waals surface area contributed by atoms with Crippen molar-refractivity contribution in [2.45, 2.75) is 9.79 Å². The summed E-state index contributed by atoms with van der Waals surface area (Å²) in [6.45, 7) is 0.0532. The van der Waals surface area contributed by atoms with Crippen molar-refractivity contribution in [2.75, 3.05) is 13.2 Å². The molecular formula is C14H14O5S. The van der Waals surface area contributed by atoms with Gasteiger partial charge < -0.3 is 14.9 Å². The summed E-state index contributed by atoms with van der Waals surface area (Å²) in [5, 5.41) is 17.8. The fourth-order valence-electron chi connectivity index (χ4n) is 1.64. The largest absolute Gasteiger partial charge is 0.508 e. The van der Waals surface area contributed by atoms with Gasteiger partial charge >= 0.3 is 0 Å². The van der Waals surface area contributed by atoms with E-state index in [0.29, 0.717) is 5.75 Å². The second kappa shape index (κ2) is 5.94. The van der Waals surface area contributed by atoms with E-state index in [1.807, 2.05) is 0 Å².